The molecule has 6 nitrogen and oxygen atoms in total. The maximum atomic E-state index is 12.0. The van der Waals surface area contributed by atoms with E-state index in [1.807, 2.05) is 60.5 Å². The number of methoxy groups -OCH3 is 3. The van der Waals surface area contributed by atoms with Gasteiger partial charge in [0.15, 0.2) is 0 Å². The third kappa shape index (κ3) is 4.88. The van der Waals surface area contributed by atoms with Gasteiger partial charge in [-0.15, -0.1) is 0 Å². The Labute approximate surface area is 159 Å². The summed E-state index contributed by atoms with van der Waals surface area (Å²) in [5.41, 5.74) is 2.38. The van der Waals surface area contributed by atoms with Crippen LogP contribution in [0.15, 0.2) is 54.1 Å². The van der Waals surface area contributed by atoms with Gasteiger partial charge in [-0.25, -0.2) is 9.59 Å². The summed E-state index contributed by atoms with van der Waals surface area (Å²) in [6.07, 6.45) is 1.48. The third-order valence-electron chi connectivity index (χ3n) is 4.06. The van der Waals surface area contributed by atoms with Crippen molar-refractivity contribution in [3.63, 3.8) is 0 Å². The van der Waals surface area contributed by atoms with Gasteiger partial charge in [-0.2, -0.15) is 0 Å². The molecule has 0 amide bonds. The molecule has 0 heterocycles. The lowest BCUT2D eigenvalue weighted by atomic mass is 10.1. The first-order valence-corrected chi connectivity index (χ1v) is 8.32. The van der Waals surface area contributed by atoms with E-state index >= 15 is 0 Å². The van der Waals surface area contributed by atoms with E-state index < -0.39 is 11.9 Å². The number of carbonyl (C=O) groups is 2. The standard InChI is InChI=1S/C21H23NO5/c1-22(14-16-10-6-8-12-19(16)25-2)18-11-7-5-9-15(18)13-17(20(23)26-3)21(24)27-4/h5-13H,14H2,1-4H3. The van der Waals surface area contributed by atoms with E-state index in [2.05, 4.69) is 0 Å². The van der Waals surface area contributed by atoms with Crippen molar-refractivity contribution < 1.29 is 23.8 Å². The van der Waals surface area contributed by atoms with Crippen molar-refractivity contribution in [1.82, 2.24) is 0 Å². The number of esters is 2. The maximum absolute atomic E-state index is 12.0. The molecule has 0 saturated heterocycles. The zero-order valence-corrected chi connectivity index (χ0v) is 15.9. The number of benzene rings is 2. The van der Waals surface area contributed by atoms with Gasteiger partial charge < -0.3 is 19.1 Å². The number of nitrogens with zero attached hydrogens (tertiary/aromatic N) is 1. The first-order chi connectivity index (χ1) is 13.0. The Balaban J connectivity index is 2.40. The molecule has 27 heavy (non-hydrogen) atoms. The summed E-state index contributed by atoms with van der Waals surface area (Å²) in [5, 5.41) is 0. The van der Waals surface area contributed by atoms with E-state index in [-0.39, 0.29) is 5.57 Å². The molecule has 0 aromatic heterocycles. The van der Waals surface area contributed by atoms with Crippen LogP contribution in [0.4, 0.5) is 5.69 Å². The molecule has 2 aromatic rings. The van der Waals surface area contributed by atoms with Gasteiger partial charge in [-0.1, -0.05) is 36.4 Å². The van der Waals surface area contributed by atoms with Crippen molar-refractivity contribution in [2.45, 2.75) is 6.54 Å². The predicted molar refractivity (Wildman–Crippen MR) is 104 cm³/mol. The number of carbonyl (C=O) groups excluding carboxylic acids is 2. The van der Waals surface area contributed by atoms with Crippen LogP contribution in [0.25, 0.3) is 6.08 Å². The molecule has 142 valence electrons. The normalized spacial score (nSPS) is 9.93. The zero-order chi connectivity index (χ0) is 19.8. The Hall–Kier alpha value is -3.28. The van der Waals surface area contributed by atoms with Crippen molar-refractivity contribution in [3.8, 4) is 5.75 Å². The summed E-state index contributed by atoms with van der Waals surface area (Å²) in [7, 11) is 6.00. The van der Waals surface area contributed by atoms with Crippen LogP contribution in [-0.2, 0) is 25.6 Å². The van der Waals surface area contributed by atoms with Crippen LogP contribution in [-0.4, -0.2) is 40.3 Å². The Morgan fingerprint density at radius 1 is 0.926 bits per heavy atom. The van der Waals surface area contributed by atoms with Gasteiger partial charge >= 0.3 is 11.9 Å². The highest BCUT2D eigenvalue weighted by atomic mass is 16.5. The minimum Gasteiger partial charge on any atom is -0.496 e. The number of hydrogen-bond donors (Lipinski definition) is 0. The van der Waals surface area contributed by atoms with Crippen LogP contribution < -0.4 is 9.64 Å². The molecule has 0 radical (unpaired) electrons. The van der Waals surface area contributed by atoms with Crippen molar-refractivity contribution in [3.05, 3.63) is 65.2 Å². The van der Waals surface area contributed by atoms with E-state index in [1.54, 1.807) is 7.11 Å². The average molecular weight is 369 g/mol. The third-order valence-corrected chi connectivity index (χ3v) is 4.06. The minimum atomic E-state index is -0.746. The molecule has 2 aromatic carbocycles. The summed E-state index contributed by atoms with van der Waals surface area (Å²) in [4.78, 5) is 25.9. The number of ether oxygens (including phenoxy) is 3. The van der Waals surface area contributed by atoms with Crippen molar-refractivity contribution >= 4 is 23.7 Å². The lowest BCUT2D eigenvalue weighted by molar-refractivity contribution is -0.143. The SMILES string of the molecule is COC(=O)C(=Cc1ccccc1N(C)Cc1ccccc1OC)C(=O)OC. The maximum Gasteiger partial charge on any atom is 0.345 e. The fourth-order valence-corrected chi connectivity index (χ4v) is 2.71. The first kappa shape index (κ1) is 20.0. The van der Waals surface area contributed by atoms with Crippen molar-refractivity contribution in [2.75, 3.05) is 33.3 Å². The molecule has 0 aliphatic heterocycles. The smallest absolute Gasteiger partial charge is 0.345 e. The molecular weight excluding hydrogens is 346 g/mol. The Kier molecular flexibility index (Phi) is 7.00. The second-order valence-corrected chi connectivity index (χ2v) is 5.77. The van der Waals surface area contributed by atoms with Gasteiger partial charge in [0.1, 0.15) is 11.3 Å². The summed E-state index contributed by atoms with van der Waals surface area (Å²) >= 11 is 0. The Bertz CT molecular complexity index is 826. The van der Waals surface area contributed by atoms with Gasteiger partial charge in [0.05, 0.1) is 21.3 Å². The van der Waals surface area contributed by atoms with Crippen molar-refractivity contribution in [1.29, 1.82) is 0 Å². The van der Waals surface area contributed by atoms with Gasteiger partial charge in [-0.3, -0.25) is 0 Å². The Morgan fingerprint density at radius 2 is 1.52 bits per heavy atom. The highest BCUT2D eigenvalue weighted by Gasteiger charge is 2.20. The van der Waals surface area contributed by atoms with Crippen LogP contribution >= 0.6 is 0 Å². The monoisotopic (exact) mass is 369 g/mol. The molecule has 0 N–H and O–H groups in total. The summed E-state index contributed by atoms with van der Waals surface area (Å²) < 4.78 is 14.8. The van der Waals surface area contributed by atoms with E-state index in [0.29, 0.717) is 12.1 Å². The number of rotatable bonds is 7. The van der Waals surface area contributed by atoms with E-state index in [1.165, 1.54) is 20.3 Å². The minimum absolute atomic E-state index is 0.168. The van der Waals surface area contributed by atoms with Gasteiger partial charge in [0.2, 0.25) is 0 Å². The molecular formula is C21H23NO5. The molecule has 0 atom stereocenters. The van der Waals surface area contributed by atoms with Gasteiger partial charge in [0.25, 0.3) is 0 Å². The lowest BCUT2D eigenvalue weighted by Crippen LogP contribution is -2.19. The molecule has 6 heteroatoms. The molecule has 0 fully saturated rings. The molecule has 0 aliphatic rings. The zero-order valence-electron chi connectivity index (χ0n) is 15.9. The highest BCUT2D eigenvalue weighted by Crippen LogP contribution is 2.26. The van der Waals surface area contributed by atoms with Gasteiger partial charge in [0, 0.05) is 24.8 Å². The van der Waals surface area contributed by atoms with E-state index in [4.69, 9.17) is 14.2 Å². The molecule has 0 bridgehead atoms. The largest absolute Gasteiger partial charge is 0.496 e. The summed E-state index contributed by atoms with van der Waals surface area (Å²) in [6.45, 7) is 0.584. The fraction of sp³-hybridized carbons (Fsp3) is 0.238. The van der Waals surface area contributed by atoms with Crippen LogP contribution in [0.3, 0.4) is 0 Å². The van der Waals surface area contributed by atoms with Crippen LogP contribution in [0.1, 0.15) is 11.1 Å². The molecule has 0 aliphatic carbocycles. The van der Waals surface area contributed by atoms with E-state index in [0.717, 1.165) is 17.0 Å². The van der Waals surface area contributed by atoms with Crippen LogP contribution in [0.2, 0.25) is 0 Å². The first-order valence-electron chi connectivity index (χ1n) is 8.32. The molecule has 2 rings (SSSR count). The second kappa shape index (κ2) is 9.43. The summed E-state index contributed by atoms with van der Waals surface area (Å²) in [6, 6.07) is 15.2. The van der Waals surface area contributed by atoms with Gasteiger partial charge in [-0.05, 0) is 23.8 Å². The number of anilines is 1. The number of para-hydroxylation sites is 2. The molecule has 0 unspecified atom stereocenters. The quantitative estimate of drug-likeness (QED) is 0.323. The molecule has 0 saturated carbocycles. The van der Waals surface area contributed by atoms with Crippen LogP contribution in [0.5, 0.6) is 5.75 Å². The van der Waals surface area contributed by atoms with Crippen molar-refractivity contribution in [2.24, 2.45) is 0 Å². The average Bonchev–Trinajstić information content (AvgIpc) is 2.71. The number of hydrogen-bond acceptors (Lipinski definition) is 6. The highest BCUT2D eigenvalue weighted by molar-refractivity contribution is 6.18. The Morgan fingerprint density at radius 3 is 2.15 bits per heavy atom. The summed E-state index contributed by atoms with van der Waals surface area (Å²) in [5.74, 6) is -0.699. The second-order valence-electron chi connectivity index (χ2n) is 5.77. The predicted octanol–water partition coefficient (Wildman–Crippen LogP) is 3.06. The fourth-order valence-electron chi connectivity index (χ4n) is 2.71. The topological polar surface area (TPSA) is 65.1 Å². The lowest BCUT2D eigenvalue weighted by Gasteiger charge is -2.23. The molecule has 0 spiro atoms. The van der Waals surface area contributed by atoms with Crippen LogP contribution in [0, 0.1) is 0 Å². The van der Waals surface area contributed by atoms with E-state index in [9.17, 15) is 9.59 Å².